The minimum atomic E-state index is 0.187. The third-order valence-corrected chi connectivity index (χ3v) is 3.55. The van der Waals surface area contributed by atoms with Crippen LogP contribution in [0.1, 0.15) is 4.88 Å². The molecule has 0 atom stereocenters. The summed E-state index contributed by atoms with van der Waals surface area (Å²) in [5.74, 6) is 0. The molecule has 0 saturated carbocycles. The Morgan fingerprint density at radius 3 is 2.79 bits per heavy atom. The first-order valence-corrected chi connectivity index (χ1v) is 6.19. The molecule has 3 N–H and O–H groups in total. The molecule has 0 aliphatic heterocycles. The van der Waals surface area contributed by atoms with E-state index in [1.807, 2.05) is 0 Å². The van der Waals surface area contributed by atoms with Gasteiger partial charge in [0.25, 0.3) is 0 Å². The van der Waals surface area contributed by atoms with Gasteiger partial charge in [-0.05, 0) is 22.0 Å². The van der Waals surface area contributed by atoms with Crippen LogP contribution in [0.4, 0.5) is 0 Å². The average molecular weight is 279 g/mol. The second-order valence-electron chi connectivity index (χ2n) is 3.02. The molecule has 14 heavy (non-hydrogen) atoms. The molecular weight excluding hydrogens is 264 g/mol. The summed E-state index contributed by atoms with van der Waals surface area (Å²) >= 11 is 5.14. The summed E-state index contributed by atoms with van der Waals surface area (Å²) in [6.45, 7) is 3.20. The van der Waals surface area contributed by atoms with Gasteiger partial charge in [0.2, 0.25) is 0 Å². The molecule has 1 heterocycles. The van der Waals surface area contributed by atoms with Crippen LogP contribution in [-0.2, 0) is 6.54 Å². The van der Waals surface area contributed by atoms with E-state index >= 15 is 0 Å². The highest BCUT2D eigenvalue weighted by molar-refractivity contribution is 9.10. The van der Waals surface area contributed by atoms with E-state index in [1.165, 1.54) is 4.88 Å². The molecule has 0 unspecified atom stereocenters. The van der Waals surface area contributed by atoms with Crippen LogP contribution in [0.15, 0.2) is 15.9 Å². The zero-order chi connectivity index (χ0) is 10.4. The minimum Gasteiger partial charge on any atom is -0.395 e. The fourth-order valence-corrected chi connectivity index (χ4v) is 2.74. The topological polar surface area (TPSA) is 49.5 Å². The van der Waals surface area contributed by atoms with Crippen molar-refractivity contribution in [3.8, 4) is 0 Å². The van der Waals surface area contributed by atoms with E-state index in [0.717, 1.165) is 17.6 Å². The summed E-state index contributed by atoms with van der Waals surface area (Å²) in [4.78, 5) is 3.44. The summed E-state index contributed by atoms with van der Waals surface area (Å²) < 4.78 is 1.12. The Hall–Kier alpha value is 0.0600. The maximum Gasteiger partial charge on any atom is 0.0558 e. The van der Waals surface area contributed by atoms with Crippen LogP contribution < -0.4 is 5.73 Å². The van der Waals surface area contributed by atoms with Crippen LogP contribution in [0.5, 0.6) is 0 Å². The fraction of sp³-hybridized carbons (Fsp3) is 0.556. The van der Waals surface area contributed by atoms with Gasteiger partial charge in [-0.25, -0.2) is 0 Å². The Bertz CT molecular complexity index is 261. The molecule has 0 aromatic carbocycles. The average Bonchev–Trinajstić information content (AvgIpc) is 2.52. The van der Waals surface area contributed by atoms with Gasteiger partial charge in [0.1, 0.15) is 0 Å². The number of aliphatic hydroxyl groups excluding tert-OH is 1. The molecule has 1 aromatic rings. The van der Waals surface area contributed by atoms with E-state index in [9.17, 15) is 0 Å². The number of aliphatic hydroxyl groups is 1. The Kier molecular flexibility index (Phi) is 5.66. The van der Waals surface area contributed by atoms with Crippen LogP contribution in [0, 0.1) is 0 Å². The molecule has 0 fully saturated rings. The Morgan fingerprint density at radius 2 is 2.29 bits per heavy atom. The summed E-state index contributed by atoms with van der Waals surface area (Å²) in [6.07, 6.45) is 0. The third-order valence-electron chi connectivity index (χ3n) is 1.86. The number of thiophene rings is 1. The summed E-state index contributed by atoms with van der Waals surface area (Å²) in [6, 6.07) is 2.10. The molecule has 0 amide bonds. The molecule has 0 aliphatic carbocycles. The van der Waals surface area contributed by atoms with Crippen LogP contribution in [-0.4, -0.2) is 36.2 Å². The standard InChI is InChI=1S/C9H15BrN2OS/c10-8-5-9(14-7-8)6-12(2-1-11)3-4-13/h5,7,13H,1-4,6,11H2. The van der Waals surface area contributed by atoms with E-state index in [1.54, 1.807) is 11.3 Å². The van der Waals surface area contributed by atoms with Crippen molar-refractivity contribution < 1.29 is 5.11 Å². The van der Waals surface area contributed by atoms with Gasteiger partial charge in [0.15, 0.2) is 0 Å². The van der Waals surface area contributed by atoms with Crippen molar-refractivity contribution in [3.05, 3.63) is 20.8 Å². The van der Waals surface area contributed by atoms with Crippen LogP contribution >= 0.6 is 27.3 Å². The van der Waals surface area contributed by atoms with Crippen molar-refractivity contribution in [2.24, 2.45) is 5.73 Å². The van der Waals surface area contributed by atoms with Crippen molar-refractivity contribution in [2.75, 3.05) is 26.2 Å². The van der Waals surface area contributed by atoms with Gasteiger partial charge in [-0.1, -0.05) is 0 Å². The zero-order valence-electron chi connectivity index (χ0n) is 7.95. The first-order chi connectivity index (χ1) is 6.76. The predicted molar refractivity (Wildman–Crippen MR) is 63.4 cm³/mol. The molecule has 1 aromatic heterocycles. The second-order valence-corrected chi connectivity index (χ2v) is 4.93. The lowest BCUT2D eigenvalue weighted by atomic mass is 10.4. The first-order valence-electron chi connectivity index (χ1n) is 4.52. The van der Waals surface area contributed by atoms with Crippen molar-refractivity contribution in [1.82, 2.24) is 4.90 Å². The van der Waals surface area contributed by atoms with Gasteiger partial charge >= 0.3 is 0 Å². The molecule has 5 heteroatoms. The second kappa shape index (κ2) is 6.53. The molecule has 0 aliphatic rings. The number of nitrogens with two attached hydrogens (primary N) is 1. The van der Waals surface area contributed by atoms with Crippen LogP contribution in [0.25, 0.3) is 0 Å². The third kappa shape index (κ3) is 4.06. The van der Waals surface area contributed by atoms with Gasteiger partial charge in [-0.15, -0.1) is 11.3 Å². The zero-order valence-corrected chi connectivity index (χ0v) is 10.4. The maximum atomic E-state index is 8.86. The number of halogens is 1. The molecule has 0 saturated heterocycles. The number of hydrogen-bond acceptors (Lipinski definition) is 4. The van der Waals surface area contributed by atoms with E-state index in [-0.39, 0.29) is 6.61 Å². The SMILES string of the molecule is NCCN(CCO)Cc1cc(Br)cs1. The molecule has 0 bridgehead atoms. The van der Waals surface area contributed by atoms with Crippen molar-refractivity contribution in [1.29, 1.82) is 0 Å². The molecular formula is C9H15BrN2OS. The van der Waals surface area contributed by atoms with Crippen molar-refractivity contribution in [3.63, 3.8) is 0 Å². The lowest BCUT2D eigenvalue weighted by Crippen LogP contribution is -2.31. The summed E-state index contributed by atoms with van der Waals surface area (Å²) in [5.41, 5.74) is 5.49. The van der Waals surface area contributed by atoms with Gasteiger partial charge < -0.3 is 10.8 Å². The van der Waals surface area contributed by atoms with Crippen molar-refractivity contribution >= 4 is 27.3 Å². The van der Waals surface area contributed by atoms with E-state index in [4.69, 9.17) is 10.8 Å². The largest absolute Gasteiger partial charge is 0.395 e. The van der Waals surface area contributed by atoms with Crippen molar-refractivity contribution in [2.45, 2.75) is 6.54 Å². The number of hydrogen-bond donors (Lipinski definition) is 2. The number of nitrogens with zero attached hydrogens (tertiary/aromatic N) is 1. The summed E-state index contributed by atoms with van der Waals surface area (Å²) in [5, 5.41) is 10.9. The van der Waals surface area contributed by atoms with E-state index in [0.29, 0.717) is 13.1 Å². The van der Waals surface area contributed by atoms with Gasteiger partial charge in [-0.2, -0.15) is 0 Å². The molecule has 1 rings (SSSR count). The molecule has 0 spiro atoms. The first kappa shape index (κ1) is 12.1. The summed E-state index contributed by atoms with van der Waals surface area (Å²) in [7, 11) is 0. The lowest BCUT2D eigenvalue weighted by Gasteiger charge is -2.19. The van der Waals surface area contributed by atoms with Crippen LogP contribution in [0.2, 0.25) is 0 Å². The smallest absolute Gasteiger partial charge is 0.0558 e. The Balaban J connectivity index is 2.46. The molecule has 80 valence electrons. The van der Waals surface area contributed by atoms with Crippen LogP contribution in [0.3, 0.4) is 0 Å². The van der Waals surface area contributed by atoms with E-state index in [2.05, 4.69) is 32.3 Å². The Labute approximate surface area is 96.7 Å². The monoisotopic (exact) mass is 278 g/mol. The highest BCUT2D eigenvalue weighted by atomic mass is 79.9. The molecule has 0 radical (unpaired) electrons. The minimum absolute atomic E-state index is 0.187. The molecule has 3 nitrogen and oxygen atoms in total. The highest BCUT2D eigenvalue weighted by Gasteiger charge is 2.05. The van der Waals surface area contributed by atoms with Gasteiger partial charge in [0, 0.05) is 40.9 Å². The lowest BCUT2D eigenvalue weighted by molar-refractivity contribution is 0.195. The quantitative estimate of drug-likeness (QED) is 0.824. The van der Waals surface area contributed by atoms with Gasteiger partial charge in [0.05, 0.1) is 6.61 Å². The normalized spacial score (nSPS) is 11.1. The number of rotatable bonds is 6. The van der Waals surface area contributed by atoms with E-state index < -0.39 is 0 Å². The maximum absolute atomic E-state index is 8.86. The Morgan fingerprint density at radius 1 is 1.50 bits per heavy atom. The van der Waals surface area contributed by atoms with Gasteiger partial charge in [-0.3, -0.25) is 4.90 Å². The highest BCUT2D eigenvalue weighted by Crippen LogP contribution is 2.20. The predicted octanol–water partition coefficient (Wildman–Crippen LogP) is 1.26. The fourth-order valence-electron chi connectivity index (χ4n) is 1.25.